The van der Waals surface area contributed by atoms with Crippen LogP contribution in [0, 0.1) is 12.8 Å². The van der Waals surface area contributed by atoms with Gasteiger partial charge in [-0.05, 0) is 44.2 Å². The van der Waals surface area contributed by atoms with Crippen LogP contribution in [0.2, 0.25) is 0 Å². The molecular formula is C20H22N4O3S. The van der Waals surface area contributed by atoms with Gasteiger partial charge in [0.25, 0.3) is 5.91 Å². The lowest BCUT2D eigenvalue weighted by Crippen LogP contribution is -2.49. The molecule has 3 aromatic rings. The third-order valence-electron chi connectivity index (χ3n) is 5.54. The van der Waals surface area contributed by atoms with Crippen LogP contribution in [0.4, 0.5) is 0 Å². The molecule has 28 heavy (non-hydrogen) atoms. The van der Waals surface area contributed by atoms with E-state index in [1.54, 1.807) is 20.9 Å². The number of aryl methyl sites for hydroxylation is 2. The number of amides is 1. The number of aliphatic carboxylic acids is 1. The Morgan fingerprint density at radius 1 is 1.36 bits per heavy atom. The predicted octanol–water partition coefficient (Wildman–Crippen LogP) is 3.33. The average Bonchev–Trinajstić information content (AvgIpc) is 3.29. The van der Waals surface area contributed by atoms with Crippen LogP contribution in [0.3, 0.4) is 0 Å². The maximum atomic E-state index is 13.5. The van der Waals surface area contributed by atoms with Crippen LogP contribution < -0.4 is 0 Å². The molecular weight excluding hydrogens is 376 g/mol. The van der Waals surface area contributed by atoms with Gasteiger partial charge < -0.3 is 10.0 Å². The first-order valence-electron chi connectivity index (χ1n) is 9.30. The Hall–Kier alpha value is -2.74. The highest BCUT2D eigenvalue weighted by molar-refractivity contribution is 7.13. The van der Waals surface area contributed by atoms with Crippen LogP contribution in [0.15, 0.2) is 23.6 Å². The zero-order chi connectivity index (χ0) is 20.0. The fraction of sp³-hybridized carbons (Fsp3) is 0.400. The van der Waals surface area contributed by atoms with E-state index in [1.807, 2.05) is 44.5 Å². The summed E-state index contributed by atoms with van der Waals surface area (Å²) in [6.07, 6.45) is 1.28. The van der Waals surface area contributed by atoms with Gasteiger partial charge in [-0.15, -0.1) is 11.3 Å². The summed E-state index contributed by atoms with van der Waals surface area (Å²) in [5.41, 5.74) is 2.67. The third-order valence-corrected chi connectivity index (χ3v) is 6.43. The third kappa shape index (κ3) is 2.97. The number of carbonyl (C=O) groups excluding carboxylic acids is 1. The molecule has 7 nitrogen and oxygen atoms in total. The molecule has 146 valence electrons. The first-order valence-corrected chi connectivity index (χ1v) is 10.2. The van der Waals surface area contributed by atoms with Gasteiger partial charge in [0.15, 0.2) is 5.65 Å². The largest absolute Gasteiger partial charge is 0.481 e. The number of rotatable bonds is 3. The van der Waals surface area contributed by atoms with Crippen LogP contribution in [-0.2, 0) is 11.8 Å². The maximum Gasteiger partial charge on any atom is 0.308 e. The van der Waals surface area contributed by atoms with Gasteiger partial charge in [-0.25, -0.2) is 4.98 Å². The summed E-state index contributed by atoms with van der Waals surface area (Å²) >= 11 is 1.56. The van der Waals surface area contributed by atoms with Gasteiger partial charge in [0, 0.05) is 19.6 Å². The summed E-state index contributed by atoms with van der Waals surface area (Å²) < 4.78 is 1.69. The molecule has 0 radical (unpaired) electrons. The Kier molecular flexibility index (Phi) is 4.66. The second-order valence-electron chi connectivity index (χ2n) is 7.27. The molecule has 1 N–H and O–H groups in total. The van der Waals surface area contributed by atoms with Crippen molar-refractivity contribution in [3.05, 3.63) is 34.8 Å². The summed E-state index contributed by atoms with van der Waals surface area (Å²) in [6, 6.07) is 5.39. The van der Waals surface area contributed by atoms with Crippen molar-refractivity contribution < 1.29 is 14.7 Å². The van der Waals surface area contributed by atoms with Gasteiger partial charge >= 0.3 is 5.97 Å². The lowest BCUT2D eigenvalue weighted by Gasteiger charge is -2.37. The number of piperidine rings is 1. The molecule has 0 spiro atoms. The van der Waals surface area contributed by atoms with E-state index in [2.05, 4.69) is 5.10 Å². The molecule has 8 heteroatoms. The van der Waals surface area contributed by atoms with E-state index in [9.17, 15) is 14.7 Å². The van der Waals surface area contributed by atoms with Gasteiger partial charge in [-0.2, -0.15) is 5.10 Å². The number of carboxylic acids is 1. The SMILES string of the molecule is Cc1nn(C)c2nc(-c3cccs3)cc(C(=O)N3CCC[C@@H](C(=O)O)[C@H]3C)c12. The highest BCUT2D eigenvalue weighted by atomic mass is 32.1. The molecule has 0 unspecified atom stereocenters. The minimum absolute atomic E-state index is 0.153. The number of nitrogens with zero attached hydrogens (tertiary/aromatic N) is 4. The summed E-state index contributed by atoms with van der Waals surface area (Å²) in [7, 11) is 1.82. The van der Waals surface area contributed by atoms with E-state index in [0.717, 1.165) is 21.7 Å². The van der Waals surface area contributed by atoms with Crippen molar-refractivity contribution in [3.63, 3.8) is 0 Å². The van der Waals surface area contributed by atoms with Crippen molar-refractivity contribution in [3.8, 4) is 10.6 Å². The molecule has 1 amide bonds. The number of hydrogen-bond donors (Lipinski definition) is 1. The molecule has 1 aliphatic heterocycles. The molecule has 0 aliphatic carbocycles. The molecule has 0 aromatic carbocycles. The van der Waals surface area contributed by atoms with Crippen LogP contribution in [0.25, 0.3) is 21.6 Å². The fourth-order valence-electron chi connectivity index (χ4n) is 4.08. The number of carbonyl (C=O) groups is 2. The number of hydrogen-bond acceptors (Lipinski definition) is 5. The summed E-state index contributed by atoms with van der Waals surface area (Å²) in [5, 5.41) is 16.7. The van der Waals surface area contributed by atoms with Crippen LogP contribution >= 0.6 is 11.3 Å². The lowest BCUT2D eigenvalue weighted by atomic mass is 9.89. The summed E-state index contributed by atoms with van der Waals surface area (Å²) in [6.45, 7) is 4.25. The molecule has 3 aromatic heterocycles. The van der Waals surface area contributed by atoms with E-state index < -0.39 is 11.9 Å². The van der Waals surface area contributed by atoms with Gasteiger partial charge in [-0.3, -0.25) is 14.3 Å². The van der Waals surface area contributed by atoms with E-state index in [0.29, 0.717) is 30.6 Å². The second kappa shape index (κ2) is 7.01. The molecule has 0 bridgehead atoms. The normalized spacial score (nSPS) is 19.9. The van der Waals surface area contributed by atoms with E-state index in [1.165, 1.54) is 0 Å². The average molecular weight is 398 g/mol. The van der Waals surface area contributed by atoms with Crippen LogP contribution in [0.5, 0.6) is 0 Å². The van der Waals surface area contributed by atoms with Crippen LogP contribution in [-0.4, -0.2) is 49.2 Å². The highest BCUT2D eigenvalue weighted by Gasteiger charge is 2.36. The first kappa shape index (κ1) is 18.6. The molecule has 2 atom stereocenters. The quantitative estimate of drug-likeness (QED) is 0.731. The number of pyridine rings is 1. The number of aromatic nitrogens is 3. The summed E-state index contributed by atoms with van der Waals surface area (Å²) in [5.74, 6) is -1.54. The van der Waals surface area contributed by atoms with Gasteiger partial charge in [0.05, 0.1) is 33.1 Å². The van der Waals surface area contributed by atoms with Crippen molar-refractivity contribution in [1.82, 2.24) is 19.7 Å². The highest BCUT2D eigenvalue weighted by Crippen LogP contribution is 2.32. The fourth-order valence-corrected chi connectivity index (χ4v) is 4.76. The van der Waals surface area contributed by atoms with Crippen molar-refractivity contribution in [2.75, 3.05) is 6.54 Å². The smallest absolute Gasteiger partial charge is 0.308 e. The molecule has 1 fully saturated rings. The first-order chi connectivity index (χ1) is 13.4. The lowest BCUT2D eigenvalue weighted by molar-refractivity contribution is -0.144. The van der Waals surface area contributed by atoms with Crippen molar-refractivity contribution in [2.24, 2.45) is 13.0 Å². The van der Waals surface area contributed by atoms with Crippen molar-refractivity contribution >= 4 is 34.2 Å². The van der Waals surface area contributed by atoms with E-state index >= 15 is 0 Å². The molecule has 4 heterocycles. The molecule has 4 rings (SSSR count). The number of fused-ring (bicyclic) bond motifs is 1. The number of likely N-dealkylation sites (tertiary alicyclic amines) is 1. The number of thiophene rings is 1. The molecule has 1 saturated heterocycles. The minimum atomic E-state index is -0.846. The zero-order valence-corrected chi connectivity index (χ0v) is 16.9. The van der Waals surface area contributed by atoms with Crippen molar-refractivity contribution in [1.29, 1.82) is 0 Å². The van der Waals surface area contributed by atoms with Crippen molar-refractivity contribution in [2.45, 2.75) is 32.7 Å². The van der Waals surface area contributed by atoms with Gasteiger partial charge in [0.1, 0.15) is 0 Å². The second-order valence-corrected chi connectivity index (χ2v) is 8.21. The minimum Gasteiger partial charge on any atom is -0.481 e. The molecule has 1 aliphatic rings. The Balaban J connectivity index is 1.85. The summed E-state index contributed by atoms with van der Waals surface area (Å²) in [4.78, 5) is 32.5. The van der Waals surface area contributed by atoms with Gasteiger partial charge in [0.2, 0.25) is 0 Å². The monoisotopic (exact) mass is 398 g/mol. The molecule has 0 saturated carbocycles. The Morgan fingerprint density at radius 3 is 2.82 bits per heavy atom. The van der Waals surface area contributed by atoms with Gasteiger partial charge in [-0.1, -0.05) is 6.07 Å². The standard InChI is InChI=1S/C20H22N4O3S/c1-11-17-14(19(25)24-8-4-6-13(12(24)2)20(26)27)10-15(16-7-5-9-28-16)21-18(17)23(3)22-11/h5,7,9-10,12-13H,4,6,8H2,1-3H3,(H,26,27)/t12-,13-/m1/s1. The Bertz CT molecular complexity index is 1060. The van der Waals surface area contributed by atoms with E-state index in [4.69, 9.17) is 4.98 Å². The maximum absolute atomic E-state index is 13.5. The van der Waals surface area contributed by atoms with Crippen LogP contribution in [0.1, 0.15) is 35.8 Å². The number of carboxylic acid groups (broad SMARTS) is 1. The topological polar surface area (TPSA) is 88.3 Å². The van der Waals surface area contributed by atoms with E-state index in [-0.39, 0.29) is 11.9 Å². The Labute approximate surface area is 166 Å². The zero-order valence-electron chi connectivity index (χ0n) is 16.0. The Morgan fingerprint density at radius 2 is 2.14 bits per heavy atom. The predicted molar refractivity (Wildman–Crippen MR) is 107 cm³/mol.